The molecule has 2 N–H and O–H groups in total. The number of benzene rings is 1. The summed E-state index contributed by atoms with van der Waals surface area (Å²) in [5.74, 6) is -1.28. The fourth-order valence-corrected chi connectivity index (χ4v) is 5.76. The quantitative estimate of drug-likeness (QED) is 0.844. The van der Waals surface area contributed by atoms with Crippen molar-refractivity contribution in [1.82, 2.24) is 4.90 Å². The van der Waals surface area contributed by atoms with E-state index in [1.807, 2.05) is 0 Å². The molecule has 2 aliphatic carbocycles. The predicted molar refractivity (Wildman–Crippen MR) is 101 cm³/mol. The molecule has 148 valence electrons. The van der Waals surface area contributed by atoms with Gasteiger partial charge in [-0.15, -0.1) is 0 Å². The molecule has 1 aliphatic heterocycles. The molecule has 27 heavy (non-hydrogen) atoms. The summed E-state index contributed by atoms with van der Waals surface area (Å²) in [5.41, 5.74) is 0.0461. The summed E-state index contributed by atoms with van der Waals surface area (Å²) >= 11 is 0. The van der Waals surface area contributed by atoms with Crippen LogP contribution >= 0.6 is 0 Å². The van der Waals surface area contributed by atoms with Crippen molar-refractivity contribution in [2.45, 2.75) is 69.9 Å². The lowest BCUT2D eigenvalue weighted by Crippen LogP contribution is -2.62. The molecular weight excluding hydrogens is 345 g/mol. The van der Waals surface area contributed by atoms with Crippen LogP contribution in [0.3, 0.4) is 0 Å². The van der Waals surface area contributed by atoms with Gasteiger partial charge in [-0.05, 0) is 61.6 Å². The SMILES string of the molecule is O=C(O)[C@]1(Cc2ccc(F)cc2)CN(C2CC3(CCCCC3)C2)CC[C@H]1O. The highest BCUT2D eigenvalue weighted by Gasteiger charge is 2.53. The first-order chi connectivity index (χ1) is 12.9. The zero-order chi connectivity index (χ0) is 19.1. The number of likely N-dealkylation sites (tertiary alicyclic amines) is 1. The van der Waals surface area contributed by atoms with Crippen molar-refractivity contribution in [2.24, 2.45) is 10.8 Å². The van der Waals surface area contributed by atoms with Gasteiger partial charge in [0.25, 0.3) is 0 Å². The van der Waals surface area contributed by atoms with Gasteiger partial charge < -0.3 is 10.2 Å². The number of rotatable bonds is 4. The molecule has 0 amide bonds. The largest absolute Gasteiger partial charge is 0.481 e. The normalized spacial score (nSPS) is 31.6. The number of nitrogens with zero attached hydrogens (tertiary/aromatic N) is 1. The molecule has 4 rings (SSSR count). The van der Waals surface area contributed by atoms with Crippen molar-refractivity contribution < 1.29 is 19.4 Å². The van der Waals surface area contributed by atoms with Crippen molar-refractivity contribution in [3.63, 3.8) is 0 Å². The van der Waals surface area contributed by atoms with Gasteiger partial charge in [-0.2, -0.15) is 0 Å². The number of piperidine rings is 1. The summed E-state index contributed by atoms with van der Waals surface area (Å²) in [6, 6.07) is 6.42. The average Bonchev–Trinajstić information content (AvgIpc) is 2.64. The number of aliphatic hydroxyl groups is 1. The Kier molecular flexibility index (Phi) is 5.02. The van der Waals surface area contributed by atoms with Crippen LogP contribution in [0.25, 0.3) is 0 Å². The van der Waals surface area contributed by atoms with Crippen LogP contribution in [0.1, 0.15) is 56.9 Å². The van der Waals surface area contributed by atoms with Gasteiger partial charge in [0.2, 0.25) is 0 Å². The zero-order valence-corrected chi connectivity index (χ0v) is 15.9. The summed E-state index contributed by atoms with van der Waals surface area (Å²) < 4.78 is 13.2. The van der Waals surface area contributed by atoms with E-state index < -0.39 is 17.5 Å². The number of hydrogen-bond acceptors (Lipinski definition) is 3. The Morgan fingerprint density at radius 1 is 1.15 bits per heavy atom. The van der Waals surface area contributed by atoms with Crippen LogP contribution in [0.4, 0.5) is 4.39 Å². The second kappa shape index (κ2) is 7.17. The smallest absolute Gasteiger partial charge is 0.313 e. The van der Waals surface area contributed by atoms with Crippen molar-refractivity contribution in [1.29, 1.82) is 0 Å². The highest BCUT2D eigenvalue weighted by Crippen LogP contribution is 2.54. The molecule has 5 heteroatoms. The van der Waals surface area contributed by atoms with E-state index in [-0.39, 0.29) is 12.2 Å². The Morgan fingerprint density at radius 2 is 1.81 bits per heavy atom. The molecule has 0 aromatic heterocycles. The molecule has 0 bridgehead atoms. The van der Waals surface area contributed by atoms with E-state index in [0.717, 1.165) is 12.1 Å². The molecule has 3 aliphatic rings. The van der Waals surface area contributed by atoms with Crippen molar-refractivity contribution in [3.05, 3.63) is 35.6 Å². The first kappa shape index (κ1) is 18.9. The van der Waals surface area contributed by atoms with E-state index in [9.17, 15) is 19.4 Å². The molecule has 1 saturated heterocycles. The monoisotopic (exact) mass is 375 g/mol. The maximum atomic E-state index is 13.2. The predicted octanol–water partition coefficient (Wildman–Crippen LogP) is 3.62. The highest BCUT2D eigenvalue weighted by molar-refractivity contribution is 5.76. The fourth-order valence-electron chi connectivity index (χ4n) is 5.76. The van der Waals surface area contributed by atoms with E-state index in [4.69, 9.17) is 0 Å². The number of carboxylic acid groups (broad SMARTS) is 1. The van der Waals surface area contributed by atoms with Gasteiger partial charge >= 0.3 is 5.97 Å². The number of aliphatic hydroxyl groups excluding tert-OH is 1. The summed E-state index contributed by atoms with van der Waals surface area (Å²) in [7, 11) is 0. The van der Waals surface area contributed by atoms with Crippen molar-refractivity contribution in [3.8, 4) is 0 Å². The molecule has 0 unspecified atom stereocenters. The minimum absolute atomic E-state index is 0.234. The lowest BCUT2D eigenvalue weighted by molar-refractivity contribution is -0.168. The van der Waals surface area contributed by atoms with Crippen LogP contribution in [0, 0.1) is 16.6 Å². The number of aliphatic carboxylic acids is 1. The number of hydrogen-bond donors (Lipinski definition) is 2. The third kappa shape index (κ3) is 3.52. The molecule has 2 saturated carbocycles. The van der Waals surface area contributed by atoms with Gasteiger partial charge in [-0.25, -0.2) is 4.39 Å². The second-order valence-electron chi connectivity index (χ2n) is 9.16. The molecule has 1 heterocycles. The van der Waals surface area contributed by atoms with E-state index >= 15 is 0 Å². The molecule has 1 aromatic carbocycles. The number of halogens is 1. The molecule has 2 atom stereocenters. The van der Waals surface area contributed by atoms with E-state index in [2.05, 4.69) is 4.90 Å². The van der Waals surface area contributed by atoms with E-state index in [1.54, 1.807) is 12.1 Å². The van der Waals surface area contributed by atoms with Crippen LogP contribution < -0.4 is 0 Å². The second-order valence-corrected chi connectivity index (χ2v) is 9.16. The Labute approximate surface area is 160 Å². The van der Waals surface area contributed by atoms with E-state index in [0.29, 0.717) is 24.4 Å². The standard InChI is InChI=1S/C22H30FNO3/c23-17-6-4-16(5-7-17)12-22(20(26)27)15-24(11-8-19(22)25)18-13-21(14-18)9-2-1-3-10-21/h4-7,18-19,25H,1-3,8-15H2,(H,26,27)/t19-,22-/m1/s1. The summed E-state index contributed by atoms with van der Waals surface area (Å²) in [6.07, 6.45) is 8.84. The average molecular weight is 375 g/mol. The van der Waals surface area contributed by atoms with Crippen LogP contribution in [0.5, 0.6) is 0 Å². The van der Waals surface area contributed by atoms with Crippen LogP contribution in [-0.4, -0.2) is 46.3 Å². The summed E-state index contributed by atoms with van der Waals surface area (Å²) in [4.78, 5) is 14.6. The lowest BCUT2D eigenvalue weighted by atomic mass is 9.57. The third-order valence-electron chi connectivity index (χ3n) is 7.44. The van der Waals surface area contributed by atoms with Gasteiger partial charge in [-0.3, -0.25) is 9.69 Å². The maximum absolute atomic E-state index is 13.2. The van der Waals surface area contributed by atoms with Gasteiger partial charge in [0.15, 0.2) is 0 Å². The molecule has 0 radical (unpaired) electrons. The topological polar surface area (TPSA) is 60.8 Å². The minimum Gasteiger partial charge on any atom is -0.481 e. The zero-order valence-electron chi connectivity index (χ0n) is 15.9. The highest BCUT2D eigenvalue weighted by atomic mass is 19.1. The summed E-state index contributed by atoms with van der Waals surface area (Å²) in [6.45, 7) is 1.14. The Balaban J connectivity index is 1.49. The third-order valence-corrected chi connectivity index (χ3v) is 7.44. The van der Waals surface area contributed by atoms with Crippen LogP contribution in [-0.2, 0) is 11.2 Å². The Bertz CT molecular complexity index is 677. The number of carboxylic acids is 1. The minimum atomic E-state index is -1.22. The Hall–Kier alpha value is -1.46. The number of carbonyl (C=O) groups is 1. The van der Waals surface area contributed by atoms with Gasteiger partial charge in [0, 0.05) is 19.1 Å². The maximum Gasteiger partial charge on any atom is 0.313 e. The van der Waals surface area contributed by atoms with Gasteiger partial charge in [0.05, 0.1) is 6.10 Å². The molecular formula is C22H30FNO3. The Morgan fingerprint density at radius 3 is 2.44 bits per heavy atom. The van der Waals surface area contributed by atoms with E-state index in [1.165, 1.54) is 57.1 Å². The van der Waals surface area contributed by atoms with Gasteiger partial charge in [-0.1, -0.05) is 31.4 Å². The van der Waals surface area contributed by atoms with Crippen LogP contribution in [0.15, 0.2) is 24.3 Å². The molecule has 4 nitrogen and oxygen atoms in total. The molecule has 1 aromatic rings. The van der Waals surface area contributed by atoms with Crippen molar-refractivity contribution >= 4 is 5.97 Å². The summed E-state index contributed by atoms with van der Waals surface area (Å²) in [5, 5.41) is 20.7. The lowest BCUT2D eigenvalue weighted by Gasteiger charge is -2.57. The van der Waals surface area contributed by atoms with Gasteiger partial charge in [0.1, 0.15) is 11.2 Å². The first-order valence-electron chi connectivity index (χ1n) is 10.3. The van der Waals surface area contributed by atoms with Crippen LogP contribution in [0.2, 0.25) is 0 Å². The molecule has 3 fully saturated rings. The first-order valence-corrected chi connectivity index (χ1v) is 10.3. The molecule has 1 spiro atoms. The fraction of sp³-hybridized carbons (Fsp3) is 0.682. The van der Waals surface area contributed by atoms with Crippen molar-refractivity contribution in [2.75, 3.05) is 13.1 Å².